The molecule has 3 N–H and O–H groups in total. The Kier molecular flexibility index (Phi) is 9.39. The van der Waals surface area contributed by atoms with Crippen LogP contribution in [0.1, 0.15) is 6.42 Å². The second-order valence-corrected chi connectivity index (χ2v) is 12.2. The Bertz CT molecular complexity index is 896. The van der Waals surface area contributed by atoms with Crippen LogP contribution in [0.5, 0.6) is 5.75 Å². The van der Waals surface area contributed by atoms with Crippen LogP contribution in [-0.2, 0) is 41.1 Å². The monoisotopic (exact) mass is 520 g/mol. The lowest BCUT2D eigenvalue weighted by atomic mass is 9.96. The Hall–Kier alpha value is -0.685. The maximum Gasteiger partial charge on any atom is 0.488 e. The number of phosphoric acid groups is 2. The van der Waals surface area contributed by atoms with Gasteiger partial charge in [0.2, 0.25) is 0 Å². The second-order valence-electron chi connectivity index (χ2n) is 6.24. The van der Waals surface area contributed by atoms with Gasteiger partial charge in [0.25, 0.3) is 0 Å². The molecule has 0 aliphatic carbocycles. The Morgan fingerprint density at radius 2 is 1.77 bits per heavy atom. The van der Waals surface area contributed by atoms with E-state index in [9.17, 15) is 28.3 Å². The minimum absolute atomic E-state index is 0.247. The van der Waals surface area contributed by atoms with E-state index in [1.165, 1.54) is 0 Å². The SMILES string of the molecule is BC1CC(OC(=O)COc2ccccc2)C(COP(=O)(O)OP(=O)(O)OP(=O)(O)S)O1. The molecule has 0 radical (unpaired) electrons. The van der Waals surface area contributed by atoms with Gasteiger partial charge < -0.3 is 28.9 Å². The average Bonchev–Trinajstić information content (AvgIpc) is 2.95. The third kappa shape index (κ3) is 10.2. The normalized spacial score (nSPS) is 26.9. The minimum Gasteiger partial charge on any atom is -0.482 e. The van der Waals surface area contributed by atoms with E-state index in [0.717, 1.165) is 0 Å². The molecule has 6 atom stereocenters. The largest absolute Gasteiger partial charge is 0.488 e. The molecule has 0 amide bonds. The number of hydrogen-bond acceptors (Lipinski definition) is 10. The molecule has 1 heterocycles. The maximum atomic E-state index is 12.0. The molecular weight excluding hydrogens is 500 g/mol. The number of thiol groups is 1. The molecule has 0 bridgehead atoms. The van der Waals surface area contributed by atoms with Crippen molar-refractivity contribution in [3.05, 3.63) is 30.3 Å². The number of benzene rings is 1. The highest BCUT2D eigenvalue weighted by molar-refractivity contribution is 8.44. The van der Waals surface area contributed by atoms with Crippen LogP contribution in [0.15, 0.2) is 30.3 Å². The van der Waals surface area contributed by atoms with E-state index in [-0.39, 0.29) is 13.0 Å². The van der Waals surface area contributed by atoms with Crippen molar-refractivity contribution < 1.29 is 60.5 Å². The summed E-state index contributed by atoms with van der Waals surface area (Å²) in [6, 6.07) is 8.13. The topological polar surface area (TPSA) is 184 Å². The van der Waals surface area contributed by atoms with Crippen molar-refractivity contribution in [2.45, 2.75) is 24.6 Å². The molecule has 1 fully saturated rings. The number of phosphoric ester groups is 1. The van der Waals surface area contributed by atoms with Crippen LogP contribution in [0.4, 0.5) is 0 Å². The fourth-order valence-corrected chi connectivity index (χ4v) is 6.38. The Labute approximate surface area is 183 Å². The smallest absolute Gasteiger partial charge is 0.482 e. The van der Waals surface area contributed by atoms with E-state index in [0.29, 0.717) is 5.75 Å². The highest BCUT2D eigenvalue weighted by atomic mass is 32.7. The van der Waals surface area contributed by atoms with Crippen molar-refractivity contribution in [3.63, 3.8) is 0 Å². The van der Waals surface area contributed by atoms with Gasteiger partial charge in [-0.3, -0.25) is 4.52 Å². The molecule has 13 nitrogen and oxygen atoms in total. The number of carbonyl (C=O) groups excluding carboxylic acids is 1. The summed E-state index contributed by atoms with van der Waals surface area (Å²) in [7, 11) is -9.03. The number of para-hydroxylation sites is 1. The van der Waals surface area contributed by atoms with Gasteiger partial charge in [0.05, 0.1) is 6.61 Å². The molecule has 6 unspecified atom stereocenters. The lowest BCUT2D eigenvalue weighted by molar-refractivity contribution is -0.154. The Morgan fingerprint density at radius 1 is 1.13 bits per heavy atom. The molecule has 1 saturated heterocycles. The van der Waals surface area contributed by atoms with Crippen LogP contribution in [0.2, 0.25) is 0 Å². The third-order valence-corrected chi connectivity index (χ3v) is 8.05. The van der Waals surface area contributed by atoms with Crippen LogP contribution < -0.4 is 4.74 Å². The summed E-state index contributed by atoms with van der Waals surface area (Å²) in [5.41, 5.74) is 0. The Balaban J connectivity index is 1.87. The lowest BCUT2D eigenvalue weighted by Gasteiger charge is -2.21. The number of hydrogen-bond donors (Lipinski definition) is 4. The first-order valence-corrected chi connectivity index (χ1v) is 14.3. The maximum absolute atomic E-state index is 12.0. The molecule has 31 heavy (non-hydrogen) atoms. The van der Waals surface area contributed by atoms with Crippen molar-refractivity contribution in [2.75, 3.05) is 13.2 Å². The van der Waals surface area contributed by atoms with Crippen LogP contribution in [-0.4, -0.2) is 59.9 Å². The van der Waals surface area contributed by atoms with E-state index >= 15 is 0 Å². The van der Waals surface area contributed by atoms with Gasteiger partial charge in [-0.05, 0) is 12.1 Å². The molecule has 0 saturated carbocycles. The van der Waals surface area contributed by atoms with Gasteiger partial charge in [-0.15, -0.1) is 0 Å². The standard InChI is InChI=1S/C13H20BO13P3S/c14-12-6-10(25-13(15)8-22-9-4-2-1-3-5-9)11(24-12)7-23-28(16,17)26-29(18,19)27-30(20,21)31/h1-5,10-12H,6-8,14H2,(H,16,17)(H,18,19)(H2,20,21,31). The molecule has 1 aromatic carbocycles. The van der Waals surface area contributed by atoms with Gasteiger partial charge in [-0.2, -0.15) is 8.62 Å². The van der Waals surface area contributed by atoms with Crippen LogP contribution in [0.25, 0.3) is 0 Å². The van der Waals surface area contributed by atoms with Crippen molar-refractivity contribution in [1.82, 2.24) is 0 Å². The minimum atomic E-state index is -5.46. The first-order valence-electron chi connectivity index (χ1n) is 8.56. The highest BCUT2D eigenvalue weighted by Crippen LogP contribution is 2.68. The van der Waals surface area contributed by atoms with Crippen LogP contribution in [0, 0.1) is 0 Å². The van der Waals surface area contributed by atoms with Gasteiger partial charge in [-0.25, -0.2) is 18.5 Å². The van der Waals surface area contributed by atoms with Crippen molar-refractivity contribution in [1.29, 1.82) is 0 Å². The zero-order valence-corrected chi connectivity index (χ0v) is 19.5. The van der Waals surface area contributed by atoms with Crippen molar-refractivity contribution in [3.8, 4) is 5.75 Å². The molecule has 0 aromatic heterocycles. The van der Waals surface area contributed by atoms with Crippen LogP contribution >= 0.6 is 34.7 Å². The van der Waals surface area contributed by atoms with Crippen LogP contribution in [0.3, 0.4) is 0 Å². The van der Waals surface area contributed by atoms with Crippen molar-refractivity contribution in [2.24, 2.45) is 0 Å². The van der Waals surface area contributed by atoms with E-state index < -0.39 is 53.2 Å². The molecular formula is C13H20BO13P3S. The fourth-order valence-electron chi connectivity index (χ4n) is 2.52. The zero-order chi connectivity index (χ0) is 23.3. The molecule has 2 rings (SSSR count). The second kappa shape index (κ2) is 11.0. The predicted octanol–water partition coefficient (Wildman–Crippen LogP) is 1.01. The summed E-state index contributed by atoms with van der Waals surface area (Å²) in [6.07, 6.45) is -1.63. The van der Waals surface area contributed by atoms with E-state index in [4.69, 9.17) is 19.1 Å². The number of ether oxygens (including phenoxy) is 3. The van der Waals surface area contributed by atoms with E-state index in [1.54, 1.807) is 38.2 Å². The predicted molar refractivity (Wildman–Crippen MR) is 110 cm³/mol. The zero-order valence-electron chi connectivity index (χ0n) is 16.0. The summed E-state index contributed by atoms with van der Waals surface area (Å²) in [5.74, 6) is -0.265. The Morgan fingerprint density at radius 3 is 2.39 bits per heavy atom. The first kappa shape index (κ1) is 26.6. The highest BCUT2D eigenvalue weighted by Gasteiger charge is 2.42. The van der Waals surface area contributed by atoms with Crippen molar-refractivity contribution >= 4 is 48.5 Å². The number of rotatable bonds is 11. The first-order chi connectivity index (χ1) is 14.2. The molecule has 174 valence electrons. The molecule has 1 aliphatic heterocycles. The molecule has 1 aromatic rings. The average molecular weight is 520 g/mol. The van der Waals surface area contributed by atoms with Gasteiger partial charge in [-0.1, -0.05) is 30.4 Å². The quantitative estimate of drug-likeness (QED) is 0.140. The number of carbonyl (C=O) groups is 1. The van der Waals surface area contributed by atoms with Gasteiger partial charge >= 0.3 is 28.4 Å². The third-order valence-electron chi connectivity index (χ3n) is 3.59. The summed E-state index contributed by atoms with van der Waals surface area (Å²) in [4.78, 5) is 39.7. The van der Waals surface area contributed by atoms with Gasteiger partial charge in [0.15, 0.2) is 6.61 Å². The van der Waals surface area contributed by atoms with E-state index in [2.05, 4.69) is 25.4 Å². The summed E-state index contributed by atoms with van der Waals surface area (Å²) >= 11 is 3.00. The lowest BCUT2D eigenvalue weighted by Crippen LogP contribution is -2.32. The van der Waals surface area contributed by atoms with Gasteiger partial charge in [0.1, 0.15) is 25.8 Å². The molecule has 18 heteroatoms. The summed E-state index contributed by atoms with van der Waals surface area (Å²) in [6.45, 7) is -5.86. The molecule has 0 spiro atoms. The van der Waals surface area contributed by atoms with E-state index in [1.807, 2.05) is 0 Å². The molecule has 1 aliphatic rings. The number of esters is 1. The van der Waals surface area contributed by atoms with Gasteiger partial charge in [0, 0.05) is 12.4 Å². The summed E-state index contributed by atoms with van der Waals surface area (Å²) < 4.78 is 62.5. The summed E-state index contributed by atoms with van der Waals surface area (Å²) in [5, 5.41) is 0. The fraction of sp³-hybridized carbons (Fsp3) is 0.462.